The minimum Gasteiger partial charge on any atom is -0.396 e. The summed E-state index contributed by atoms with van der Waals surface area (Å²) in [6.45, 7) is 0.743. The van der Waals surface area contributed by atoms with Crippen molar-refractivity contribution < 1.29 is 18.3 Å². The molecule has 0 aliphatic heterocycles. The molecule has 0 radical (unpaired) electrons. The SMILES string of the molecule is CN(CCCCCO)c1nnc(C(F)(F)F)s1. The Hall–Kier alpha value is -0.890. The molecule has 0 aliphatic carbocycles. The Labute approximate surface area is 101 Å². The van der Waals surface area contributed by atoms with Crippen molar-refractivity contribution in [3.05, 3.63) is 5.01 Å². The van der Waals surface area contributed by atoms with Crippen LogP contribution >= 0.6 is 11.3 Å². The van der Waals surface area contributed by atoms with Crippen LogP contribution in [0.1, 0.15) is 24.3 Å². The molecule has 0 aromatic carbocycles. The van der Waals surface area contributed by atoms with Crippen molar-refractivity contribution in [3.8, 4) is 0 Å². The first-order chi connectivity index (χ1) is 7.95. The molecule has 17 heavy (non-hydrogen) atoms. The van der Waals surface area contributed by atoms with E-state index in [1.165, 1.54) is 0 Å². The minimum absolute atomic E-state index is 0.140. The number of unbranched alkanes of at least 4 members (excludes halogenated alkanes) is 2. The van der Waals surface area contributed by atoms with E-state index in [0.717, 1.165) is 12.8 Å². The highest BCUT2D eigenvalue weighted by atomic mass is 32.1. The van der Waals surface area contributed by atoms with E-state index in [-0.39, 0.29) is 11.7 Å². The van der Waals surface area contributed by atoms with Crippen molar-refractivity contribution in [1.29, 1.82) is 0 Å². The summed E-state index contributed by atoms with van der Waals surface area (Å²) < 4.78 is 36.8. The topological polar surface area (TPSA) is 49.2 Å². The maximum atomic E-state index is 12.3. The molecule has 1 heterocycles. The Balaban J connectivity index is 2.47. The summed E-state index contributed by atoms with van der Waals surface area (Å²) in [6, 6.07) is 0. The molecule has 0 unspecified atom stereocenters. The molecular formula is C9H14F3N3OS. The predicted molar refractivity (Wildman–Crippen MR) is 59.1 cm³/mol. The fourth-order valence-corrected chi connectivity index (χ4v) is 1.92. The van der Waals surface area contributed by atoms with Gasteiger partial charge in [-0.05, 0) is 19.3 Å². The molecule has 0 aliphatic rings. The van der Waals surface area contributed by atoms with Gasteiger partial charge < -0.3 is 10.0 Å². The molecule has 8 heteroatoms. The molecule has 1 aromatic rings. The zero-order chi connectivity index (χ0) is 12.9. The quantitative estimate of drug-likeness (QED) is 0.804. The van der Waals surface area contributed by atoms with E-state index in [4.69, 9.17) is 5.11 Å². The number of aromatic nitrogens is 2. The minimum atomic E-state index is -4.42. The first-order valence-electron chi connectivity index (χ1n) is 5.18. The van der Waals surface area contributed by atoms with Gasteiger partial charge in [-0.1, -0.05) is 11.3 Å². The number of nitrogens with zero attached hydrogens (tertiary/aromatic N) is 3. The number of aliphatic hydroxyl groups excluding tert-OH is 1. The van der Waals surface area contributed by atoms with Crippen LogP contribution in [-0.4, -0.2) is 35.5 Å². The summed E-state index contributed by atoms with van der Waals surface area (Å²) in [5.41, 5.74) is 0. The Morgan fingerprint density at radius 2 is 1.94 bits per heavy atom. The summed E-state index contributed by atoms with van der Waals surface area (Å²) >= 11 is 0.541. The van der Waals surface area contributed by atoms with Crippen molar-refractivity contribution in [3.63, 3.8) is 0 Å². The predicted octanol–water partition coefficient (Wildman–Crippen LogP) is 2.16. The lowest BCUT2D eigenvalue weighted by atomic mass is 10.2. The van der Waals surface area contributed by atoms with Gasteiger partial charge in [-0.2, -0.15) is 13.2 Å². The Bertz CT molecular complexity index is 342. The highest BCUT2D eigenvalue weighted by Crippen LogP contribution is 2.33. The molecule has 1 N–H and O–H groups in total. The van der Waals surface area contributed by atoms with Crippen molar-refractivity contribution in [2.24, 2.45) is 0 Å². The second kappa shape index (κ2) is 6.15. The second-order valence-electron chi connectivity index (χ2n) is 3.59. The van der Waals surface area contributed by atoms with Gasteiger partial charge in [-0.15, -0.1) is 10.2 Å². The van der Waals surface area contributed by atoms with Crippen LogP contribution in [0, 0.1) is 0 Å². The Morgan fingerprint density at radius 3 is 2.47 bits per heavy atom. The highest BCUT2D eigenvalue weighted by Gasteiger charge is 2.35. The third-order valence-corrected chi connectivity index (χ3v) is 3.22. The van der Waals surface area contributed by atoms with Gasteiger partial charge in [0.2, 0.25) is 10.1 Å². The lowest BCUT2D eigenvalue weighted by molar-refractivity contribution is -0.138. The molecule has 1 rings (SSSR count). The van der Waals surface area contributed by atoms with Gasteiger partial charge in [-0.3, -0.25) is 0 Å². The smallest absolute Gasteiger partial charge is 0.396 e. The largest absolute Gasteiger partial charge is 0.445 e. The molecule has 0 bridgehead atoms. The van der Waals surface area contributed by atoms with Crippen molar-refractivity contribution in [2.45, 2.75) is 25.4 Å². The van der Waals surface area contributed by atoms with Gasteiger partial charge in [0.25, 0.3) is 0 Å². The van der Waals surface area contributed by atoms with Gasteiger partial charge >= 0.3 is 6.18 Å². The number of hydrogen-bond donors (Lipinski definition) is 1. The lowest BCUT2D eigenvalue weighted by Crippen LogP contribution is -2.18. The van der Waals surface area contributed by atoms with E-state index >= 15 is 0 Å². The molecule has 4 nitrogen and oxygen atoms in total. The van der Waals surface area contributed by atoms with Crippen LogP contribution in [0.3, 0.4) is 0 Å². The molecule has 0 amide bonds. The molecule has 0 saturated heterocycles. The molecular weight excluding hydrogens is 255 g/mol. The molecule has 0 fully saturated rings. The monoisotopic (exact) mass is 269 g/mol. The first-order valence-corrected chi connectivity index (χ1v) is 5.99. The molecule has 1 aromatic heterocycles. The number of alkyl halides is 3. The van der Waals surface area contributed by atoms with E-state index in [1.807, 2.05) is 0 Å². The number of hydrogen-bond acceptors (Lipinski definition) is 5. The zero-order valence-corrected chi connectivity index (χ0v) is 10.2. The molecule has 0 spiro atoms. The third-order valence-electron chi connectivity index (χ3n) is 2.14. The second-order valence-corrected chi connectivity index (χ2v) is 4.55. The van der Waals surface area contributed by atoms with E-state index in [2.05, 4.69) is 10.2 Å². The van der Waals surface area contributed by atoms with Gasteiger partial charge in [0, 0.05) is 20.2 Å². The van der Waals surface area contributed by atoms with Crippen LogP contribution < -0.4 is 4.90 Å². The van der Waals surface area contributed by atoms with Crippen molar-refractivity contribution in [1.82, 2.24) is 10.2 Å². The summed E-state index contributed by atoms with van der Waals surface area (Å²) in [5, 5.41) is 14.5. The number of rotatable bonds is 6. The highest BCUT2D eigenvalue weighted by molar-refractivity contribution is 7.15. The van der Waals surface area contributed by atoms with Crippen LogP contribution in [-0.2, 0) is 6.18 Å². The van der Waals surface area contributed by atoms with Crippen LogP contribution in [0.5, 0.6) is 0 Å². The maximum Gasteiger partial charge on any atom is 0.445 e. The summed E-state index contributed by atoms with van der Waals surface area (Å²) in [4.78, 5) is 1.64. The average Bonchev–Trinajstić information content (AvgIpc) is 2.72. The van der Waals surface area contributed by atoms with Gasteiger partial charge in [-0.25, -0.2) is 0 Å². The van der Waals surface area contributed by atoms with Crippen LogP contribution in [0.2, 0.25) is 0 Å². The third kappa shape index (κ3) is 4.47. The normalized spacial score (nSPS) is 11.8. The standard InChI is InChI=1S/C9H14F3N3OS/c1-15(5-3-2-4-6-16)8-14-13-7(17-8)9(10,11)12/h16H,2-6H2,1H3. The van der Waals surface area contributed by atoms with Gasteiger partial charge in [0.15, 0.2) is 0 Å². The fraction of sp³-hybridized carbons (Fsp3) is 0.778. The summed E-state index contributed by atoms with van der Waals surface area (Å²) in [5.74, 6) is 0. The van der Waals surface area contributed by atoms with Gasteiger partial charge in [0.1, 0.15) is 0 Å². The van der Waals surface area contributed by atoms with Crippen molar-refractivity contribution in [2.75, 3.05) is 25.1 Å². The molecule has 98 valence electrons. The van der Waals surface area contributed by atoms with Crippen molar-refractivity contribution >= 4 is 16.5 Å². The number of halogens is 3. The number of aliphatic hydroxyl groups is 1. The fourth-order valence-electron chi connectivity index (χ4n) is 1.22. The van der Waals surface area contributed by atoms with Gasteiger partial charge in [0.05, 0.1) is 0 Å². The summed E-state index contributed by atoms with van der Waals surface area (Å²) in [6.07, 6.45) is -2.07. The Kier molecular flexibility index (Phi) is 5.13. The number of anilines is 1. The Morgan fingerprint density at radius 1 is 1.24 bits per heavy atom. The molecule has 0 saturated carbocycles. The zero-order valence-electron chi connectivity index (χ0n) is 9.37. The summed E-state index contributed by atoms with van der Waals surface area (Å²) in [7, 11) is 1.68. The van der Waals surface area contributed by atoms with E-state index in [1.54, 1.807) is 11.9 Å². The first kappa shape index (κ1) is 14.2. The maximum absolute atomic E-state index is 12.3. The van der Waals surface area contributed by atoms with E-state index in [9.17, 15) is 13.2 Å². The molecule has 0 atom stereocenters. The van der Waals surface area contributed by atoms with Crippen LogP contribution in [0.15, 0.2) is 0 Å². The van der Waals surface area contributed by atoms with Crippen LogP contribution in [0.4, 0.5) is 18.3 Å². The average molecular weight is 269 g/mol. The van der Waals surface area contributed by atoms with E-state index < -0.39 is 11.2 Å². The van der Waals surface area contributed by atoms with E-state index in [0.29, 0.717) is 24.3 Å². The van der Waals surface area contributed by atoms with Crippen LogP contribution in [0.25, 0.3) is 0 Å². The lowest BCUT2D eigenvalue weighted by Gasteiger charge is -2.14.